The van der Waals surface area contributed by atoms with Crippen LogP contribution in [0.3, 0.4) is 0 Å². The summed E-state index contributed by atoms with van der Waals surface area (Å²) in [6.07, 6.45) is 3.48. The van der Waals surface area contributed by atoms with Crippen molar-refractivity contribution in [1.82, 2.24) is 19.9 Å². The largest absolute Gasteiger partial charge is 0.464 e. The lowest BCUT2D eigenvalue weighted by Gasteiger charge is -2.03. The molecule has 0 N–H and O–H groups in total. The lowest BCUT2D eigenvalue weighted by Crippen LogP contribution is -2.08. The van der Waals surface area contributed by atoms with Crippen LogP contribution in [0.1, 0.15) is 33.7 Å². The van der Waals surface area contributed by atoms with Crippen molar-refractivity contribution >= 4 is 23.0 Å². The van der Waals surface area contributed by atoms with Gasteiger partial charge in [0.05, 0.1) is 23.4 Å². The molecule has 0 aromatic carbocycles. The van der Waals surface area contributed by atoms with Crippen LogP contribution in [0.4, 0.5) is 0 Å². The number of hydrogen-bond donors (Lipinski definition) is 0. The Morgan fingerprint density at radius 2 is 2.04 bits per heavy atom. The molecule has 0 bridgehead atoms. The molecule has 27 heavy (non-hydrogen) atoms. The molecule has 0 unspecified atom stereocenters. The van der Waals surface area contributed by atoms with Crippen LogP contribution in [0.5, 0.6) is 6.01 Å². The Bertz CT molecular complexity index is 1000. The van der Waals surface area contributed by atoms with Gasteiger partial charge in [0.15, 0.2) is 5.69 Å². The predicted octanol–water partition coefficient (Wildman–Crippen LogP) is 3.20. The van der Waals surface area contributed by atoms with E-state index in [4.69, 9.17) is 4.84 Å². The van der Waals surface area contributed by atoms with Crippen LogP contribution in [0, 0.1) is 13.8 Å². The van der Waals surface area contributed by atoms with Crippen molar-refractivity contribution in [3.05, 3.63) is 52.6 Å². The molecule has 0 aliphatic heterocycles. The summed E-state index contributed by atoms with van der Waals surface area (Å²) in [5.74, 6) is -0.564. The van der Waals surface area contributed by atoms with Gasteiger partial charge in [0.2, 0.25) is 0 Å². The number of pyridine rings is 1. The smallest absolute Gasteiger partial charge is 0.356 e. The summed E-state index contributed by atoms with van der Waals surface area (Å²) in [6.45, 7) is 5.44. The average Bonchev–Trinajstić information content (AvgIpc) is 3.07. The zero-order valence-corrected chi connectivity index (χ0v) is 16.1. The molecule has 3 aromatic heterocycles. The van der Waals surface area contributed by atoms with E-state index in [1.54, 1.807) is 19.3 Å². The molecule has 0 saturated carbocycles. The first-order chi connectivity index (χ1) is 13.0. The zero-order chi connectivity index (χ0) is 19.4. The highest BCUT2D eigenvalue weighted by Gasteiger charge is 2.14. The van der Waals surface area contributed by atoms with E-state index < -0.39 is 5.97 Å². The number of aromatic nitrogens is 4. The molecule has 0 spiro atoms. The summed E-state index contributed by atoms with van der Waals surface area (Å²) in [5, 5.41) is 4.95. The van der Waals surface area contributed by atoms with Crippen molar-refractivity contribution in [2.75, 3.05) is 7.11 Å². The number of ether oxygens (including phenoxy) is 1. The summed E-state index contributed by atoms with van der Waals surface area (Å²) in [6, 6.07) is 5.31. The quantitative estimate of drug-likeness (QED) is 0.379. The van der Waals surface area contributed by atoms with E-state index in [1.165, 1.54) is 24.5 Å². The van der Waals surface area contributed by atoms with Crippen LogP contribution >= 0.6 is 11.3 Å². The van der Waals surface area contributed by atoms with Gasteiger partial charge in [0.1, 0.15) is 5.01 Å². The molecule has 3 rings (SSSR count). The molecule has 0 fully saturated rings. The van der Waals surface area contributed by atoms with Gasteiger partial charge in [0.25, 0.3) is 0 Å². The van der Waals surface area contributed by atoms with Crippen LogP contribution < -0.4 is 4.84 Å². The Kier molecular flexibility index (Phi) is 5.51. The summed E-state index contributed by atoms with van der Waals surface area (Å²) in [7, 11) is 1.29. The van der Waals surface area contributed by atoms with E-state index in [2.05, 4.69) is 29.8 Å². The third-order valence-corrected chi connectivity index (χ3v) is 4.84. The van der Waals surface area contributed by atoms with Gasteiger partial charge in [-0.25, -0.2) is 9.78 Å². The van der Waals surface area contributed by atoms with E-state index >= 15 is 0 Å². The second kappa shape index (κ2) is 8.00. The van der Waals surface area contributed by atoms with Gasteiger partial charge in [0, 0.05) is 23.7 Å². The third-order valence-electron chi connectivity index (χ3n) is 3.53. The van der Waals surface area contributed by atoms with Gasteiger partial charge in [-0.2, -0.15) is 9.97 Å². The van der Waals surface area contributed by atoms with E-state index in [9.17, 15) is 4.79 Å². The lowest BCUT2D eigenvalue weighted by atomic mass is 10.3. The number of rotatable bonds is 5. The highest BCUT2D eigenvalue weighted by Crippen LogP contribution is 2.27. The highest BCUT2D eigenvalue weighted by molar-refractivity contribution is 7.17. The second-order valence-corrected chi connectivity index (χ2v) is 6.61. The van der Waals surface area contributed by atoms with Crippen molar-refractivity contribution in [2.24, 2.45) is 5.16 Å². The zero-order valence-electron chi connectivity index (χ0n) is 15.3. The summed E-state index contributed by atoms with van der Waals surface area (Å²) < 4.78 is 4.67. The number of methoxy groups -OCH3 is 1. The minimum Gasteiger partial charge on any atom is -0.464 e. The molecule has 138 valence electrons. The first kappa shape index (κ1) is 18.6. The minimum atomic E-state index is -0.564. The van der Waals surface area contributed by atoms with Gasteiger partial charge < -0.3 is 9.57 Å². The summed E-state index contributed by atoms with van der Waals surface area (Å²) >= 11 is 1.49. The molecule has 3 aromatic rings. The molecule has 0 aliphatic carbocycles. The monoisotopic (exact) mass is 383 g/mol. The molecule has 0 atom stereocenters. The summed E-state index contributed by atoms with van der Waals surface area (Å²) in [5.41, 5.74) is 3.09. The van der Waals surface area contributed by atoms with E-state index in [0.717, 1.165) is 21.1 Å². The Labute approximate surface area is 159 Å². The Balaban J connectivity index is 1.84. The first-order valence-electron chi connectivity index (χ1n) is 8.01. The van der Waals surface area contributed by atoms with Crippen molar-refractivity contribution in [2.45, 2.75) is 20.8 Å². The number of carbonyl (C=O) groups excluding carboxylic acids is 1. The molecule has 3 heterocycles. The van der Waals surface area contributed by atoms with Gasteiger partial charge >= 0.3 is 12.0 Å². The van der Waals surface area contributed by atoms with E-state index in [1.807, 2.05) is 26.0 Å². The van der Waals surface area contributed by atoms with Gasteiger partial charge in [-0.3, -0.25) is 4.98 Å². The molecule has 0 amide bonds. The molecule has 0 radical (unpaired) electrons. The molecule has 0 aliphatic rings. The molecule has 9 heteroatoms. The number of carbonyl (C=O) groups is 1. The summed E-state index contributed by atoms with van der Waals surface area (Å²) in [4.78, 5) is 34.7. The maximum Gasteiger partial charge on any atom is 0.356 e. The van der Waals surface area contributed by atoms with Gasteiger partial charge in [-0.15, -0.1) is 11.3 Å². The maximum absolute atomic E-state index is 11.6. The number of aryl methyl sites for hydroxylation is 2. The normalized spacial score (nSPS) is 11.3. The van der Waals surface area contributed by atoms with Gasteiger partial charge in [-0.05, 0) is 39.0 Å². The second-order valence-electron chi connectivity index (χ2n) is 5.61. The number of esters is 1. The van der Waals surface area contributed by atoms with Gasteiger partial charge in [-0.1, -0.05) is 5.16 Å². The van der Waals surface area contributed by atoms with E-state index in [0.29, 0.717) is 11.4 Å². The molecule has 0 saturated heterocycles. The Morgan fingerprint density at radius 3 is 2.74 bits per heavy atom. The maximum atomic E-state index is 11.6. The van der Waals surface area contributed by atoms with Crippen molar-refractivity contribution in [3.63, 3.8) is 0 Å². The number of thiazole rings is 1. The number of oxime groups is 1. The van der Waals surface area contributed by atoms with Crippen LogP contribution in [0.25, 0.3) is 10.6 Å². The fraction of sp³-hybridized carbons (Fsp3) is 0.222. The molecule has 8 nitrogen and oxygen atoms in total. The average molecular weight is 383 g/mol. The Hall–Kier alpha value is -3.20. The predicted molar refractivity (Wildman–Crippen MR) is 101 cm³/mol. The number of hydrogen-bond acceptors (Lipinski definition) is 9. The van der Waals surface area contributed by atoms with Crippen LogP contribution in [0.15, 0.2) is 35.7 Å². The minimum absolute atomic E-state index is 0.0237. The standard InChI is InChI=1S/C18H17N5O3S/c1-10-8-14(17(24)25-4)22-18(20-10)26-23-12(3)15-11(2)21-16(27-15)13-6-5-7-19-9-13/h5-9H,1-4H3. The molecular formula is C18H17N5O3S. The molecular weight excluding hydrogens is 366 g/mol. The van der Waals surface area contributed by atoms with Crippen molar-refractivity contribution < 1.29 is 14.4 Å². The fourth-order valence-corrected chi connectivity index (χ4v) is 3.28. The fourth-order valence-electron chi connectivity index (χ4n) is 2.29. The third kappa shape index (κ3) is 4.32. The van der Waals surface area contributed by atoms with Crippen molar-refractivity contribution in [3.8, 4) is 16.6 Å². The topological polar surface area (TPSA) is 99.5 Å². The van der Waals surface area contributed by atoms with E-state index in [-0.39, 0.29) is 11.7 Å². The highest BCUT2D eigenvalue weighted by atomic mass is 32.1. The first-order valence-corrected chi connectivity index (χ1v) is 8.83. The SMILES string of the molecule is COC(=O)c1cc(C)nc(ON=C(C)c2sc(-c3cccnc3)nc2C)n1. The Morgan fingerprint density at radius 1 is 1.22 bits per heavy atom. The van der Waals surface area contributed by atoms with Crippen molar-refractivity contribution in [1.29, 1.82) is 0 Å². The number of nitrogens with zero attached hydrogens (tertiary/aromatic N) is 5. The van der Waals surface area contributed by atoms with Crippen LogP contribution in [-0.4, -0.2) is 38.7 Å². The van der Waals surface area contributed by atoms with Crippen LogP contribution in [0.2, 0.25) is 0 Å². The lowest BCUT2D eigenvalue weighted by molar-refractivity contribution is 0.0592. The van der Waals surface area contributed by atoms with Crippen LogP contribution in [-0.2, 0) is 4.74 Å².